The topological polar surface area (TPSA) is 176 Å². The summed E-state index contributed by atoms with van der Waals surface area (Å²) in [4.78, 5) is 26.3. The van der Waals surface area contributed by atoms with Gasteiger partial charge in [-0.3, -0.25) is 14.5 Å². The molecule has 2 aromatic heterocycles. The van der Waals surface area contributed by atoms with Gasteiger partial charge in [0.1, 0.15) is 5.69 Å². The number of hydrogen-bond acceptors (Lipinski definition) is 12. The summed E-state index contributed by atoms with van der Waals surface area (Å²) in [6.45, 7) is 7.17. The zero-order valence-electron chi connectivity index (χ0n) is 19.2. The molecule has 180 valence electrons. The Hall–Kier alpha value is -4.33. The van der Waals surface area contributed by atoms with Gasteiger partial charge in [0.25, 0.3) is 5.91 Å². The Labute approximate surface area is 194 Å². The van der Waals surface area contributed by atoms with E-state index in [4.69, 9.17) is 15.2 Å². The number of nitrogen functional groups attached to an aromatic ring is 1. The second-order valence-electron chi connectivity index (χ2n) is 6.93. The standard InChI is InChI=1S/C20H25N9O5/c1-5-28(6-2)11-14-17(29(27-23-14)19-18(21)25-34-26-19)20(31)24-22-10-13-7-8-15(33-12(3)30)16(9-13)32-4/h7-10H,5-6,11H2,1-4H3,(H2,21,25)(H,24,31). The maximum absolute atomic E-state index is 13.1. The molecule has 0 atom stereocenters. The van der Waals surface area contributed by atoms with E-state index in [1.807, 2.05) is 13.8 Å². The Bertz CT molecular complexity index is 1180. The number of amides is 1. The lowest BCUT2D eigenvalue weighted by atomic mass is 10.2. The van der Waals surface area contributed by atoms with E-state index < -0.39 is 11.9 Å². The Morgan fingerprint density at radius 2 is 2.03 bits per heavy atom. The predicted molar refractivity (Wildman–Crippen MR) is 120 cm³/mol. The maximum atomic E-state index is 13.1. The summed E-state index contributed by atoms with van der Waals surface area (Å²) in [7, 11) is 1.45. The van der Waals surface area contributed by atoms with Gasteiger partial charge in [0.15, 0.2) is 17.2 Å². The third-order valence-electron chi connectivity index (χ3n) is 4.74. The molecule has 3 N–H and O–H groups in total. The number of carbonyl (C=O) groups excluding carboxylic acids is 2. The van der Waals surface area contributed by atoms with Crippen LogP contribution in [0.4, 0.5) is 5.82 Å². The van der Waals surface area contributed by atoms with Crippen molar-refractivity contribution in [3.05, 3.63) is 35.2 Å². The molecule has 0 unspecified atom stereocenters. The van der Waals surface area contributed by atoms with E-state index >= 15 is 0 Å². The van der Waals surface area contributed by atoms with Crippen LogP contribution in [-0.4, -0.2) is 68.5 Å². The number of nitrogens with two attached hydrogens (primary N) is 1. The molecular weight excluding hydrogens is 446 g/mol. The predicted octanol–water partition coefficient (Wildman–Crippen LogP) is 0.772. The molecule has 2 heterocycles. The van der Waals surface area contributed by atoms with Crippen LogP contribution in [0.1, 0.15) is 42.5 Å². The van der Waals surface area contributed by atoms with Crippen molar-refractivity contribution >= 4 is 23.9 Å². The molecule has 0 spiro atoms. The Balaban J connectivity index is 1.85. The summed E-state index contributed by atoms with van der Waals surface area (Å²) in [5, 5.41) is 19.4. The number of nitrogens with one attached hydrogen (secondary N) is 1. The fraction of sp³-hybridized carbons (Fsp3) is 0.350. The minimum absolute atomic E-state index is 0.0400. The zero-order valence-corrected chi connectivity index (χ0v) is 19.2. The molecule has 1 amide bonds. The number of esters is 1. The molecule has 14 heteroatoms. The van der Waals surface area contributed by atoms with Crippen molar-refractivity contribution in [2.45, 2.75) is 27.3 Å². The van der Waals surface area contributed by atoms with Gasteiger partial charge >= 0.3 is 5.97 Å². The van der Waals surface area contributed by atoms with Crippen LogP contribution >= 0.6 is 0 Å². The first-order valence-corrected chi connectivity index (χ1v) is 10.3. The number of hydrazone groups is 1. The quantitative estimate of drug-likeness (QED) is 0.185. The van der Waals surface area contributed by atoms with Crippen LogP contribution < -0.4 is 20.6 Å². The SMILES string of the molecule is CCN(CC)Cc1nnn(-c2nonc2N)c1C(=O)NN=Cc1ccc(OC(C)=O)c(OC)c1. The molecule has 3 aromatic rings. The number of benzene rings is 1. The molecule has 0 bridgehead atoms. The smallest absolute Gasteiger partial charge is 0.308 e. The van der Waals surface area contributed by atoms with Gasteiger partial charge in [-0.1, -0.05) is 19.1 Å². The van der Waals surface area contributed by atoms with Crippen LogP contribution in [0.3, 0.4) is 0 Å². The normalized spacial score (nSPS) is 11.2. The third-order valence-corrected chi connectivity index (χ3v) is 4.74. The Kier molecular flexibility index (Phi) is 7.87. The van der Waals surface area contributed by atoms with E-state index in [0.29, 0.717) is 23.6 Å². The summed E-state index contributed by atoms with van der Waals surface area (Å²) in [5.74, 6) is -0.459. The Morgan fingerprint density at radius 3 is 2.65 bits per heavy atom. The van der Waals surface area contributed by atoms with Crippen LogP contribution in [0, 0.1) is 0 Å². The zero-order chi connectivity index (χ0) is 24.7. The van der Waals surface area contributed by atoms with Crippen LogP contribution in [-0.2, 0) is 11.3 Å². The fourth-order valence-corrected chi connectivity index (χ4v) is 3.01. The number of hydrogen-bond donors (Lipinski definition) is 2. The van der Waals surface area contributed by atoms with Crippen molar-refractivity contribution in [2.75, 3.05) is 25.9 Å². The largest absolute Gasteiger partial charge is 0.493 e. The number of anilines is 1. The average Bonchev–Trinajstić information content (AvgIpc) is 3.43. The number of methoxy groups -OCH3 is 1. The number of aromatic nitrogens is 5. The molecule has 3 rings (SSSR count). The molecule has 1 aromatic carbocycles. The van der Waals surface area contributed by atoms with Gasteiger partial charge in [0.2, 0.25) is 11.6 Å². The van der Waals surface area contributed by atoms with Crippen molar-refractivity contribution in [3.8, 4) is 17.3 Å². The van der Waals surface area contributed by atoms with E-state index in [2.05, 4.69) is 40.7 Å². The first-order valence-electron chi connectivity index (χ1n) is 10.3. The minimum atomic E-state index is -0.589. The van der Waals surface area contributed by atoms with Gasteiger partial charge in [0, 0.05) is 13.5 Å². The highest BCUT2D eigenvalue weighted by atomic mass is 16.6. The minimum Gasteiger partial charge on any atom is -0.493 e. The number of carbonyl (C=O) groups is 2. The van der Waals surface area contributed by atoms with Gasteiger partial charge in [-0.05, 0) is 47.2 Å². The van der Waals surface area contributed by atoms with Crippen molar-refractivity contribution < 1.29 is 23.7 Å². The molecule has 14 nitrogen and oxygen atoms in total. The van der Waals surface area contributed by atoms with Crippen molar-refractivity contribution in [1.82, 2.24) is 35.6 Å². The maximum Gasteiger partial charge on any atom is 0.308 e. The molecular formula is C20H25N9O5. The lowest BCUT2D eigenvalue weighted by Gasteiger charge is -2.16. The van der Waals surface area contributed by atoms with Gasteiger partial charge in [-0.2, -0.15) is 9.78 Å². The summed E-state index contributed by atoms with van der Waals surface area (Å²) in [6, 6.07) is 4.81. The summed E-state index contributed by atoms with van der Waals surface area (Å²) in [6.07, 6.45) is 1.40. The monoisotopic (exact) mass is 471 g/mol. The highest BCUT2D eigenvalue weighted by Gasteiger charge is 2.25. The molecule has 34 heavy (non-hydrogen) atoms. The molecule has 0 fully saturated rings. The third kappa shape index (κ3) is 5.53. The van der Waals surface area contributed by atoms with Gasteiger partial charge in [-0.25, -0.2) is 10.1 Å². The number of ether oxygens (including phenoxy) is 2. The van der Waals surface area contributed by atoms with E-state index in [0.717, 1.165) is 17.8 Å². The highest BCUT2D eigenvalue weighted by molar-refractivity contribution is 5.95. The second kappa shape index (κ2) is 11.0. The van der Waals surface area contributed by atoms with Crippen molar-refractivity contribution in [1.29, 1.82) is 0 Å². The lowest BCUT2D eigenvalue weighted by molar-refractivity contribution is -0.132. The molecule has 0 radical (unpaired) electrons. The molecule has 0 aliphatic rings. The fourth-order valence-electron chi connectivity index (χ4n) is 3.01. The molecule has 0 saturated carbocycles. The second-order valence-corrected chi connectivity index (χ2v) is 6.93. The van der Waals surface area contributed by atoms with Crippen LogP contribution in [0.2, 0.25) is 0 Å². The van der Waals surface area contributed by atoms with Crippen LogP contribution in [0.15, 0.2) is 27.9 Å². The molecule has 0 saturated heterocycles. The van der Waals surface area contributed by atoms with Gasteiger partial charge in [-0.15, -0.1) is 5.10 Å². The van der Waals surface area contributed by atoms with Gasteiger partial charge < -0.3 is 15.2 Å². The number of nitrogens with zero attached hydrogens (tertiary/aromatic N) is 7. The Morgan fingerprint density at radius 1 is 1.26 bits per heavy atom. The summed E-state index contributed by atoms with van der Waals surface area (Å²) in [5.41, 5.74) is 9.33. The molecule has 0 aliphatic heterocycles. The van der Waals surface area contributed by atoms with Gasteiger partial charge in [0.05, 0.1) is 13.3 Å². The lowest BCUT2D eigenvalue weighted by Crippen LogP contribution is -2.27. The van der Waals surface area contributed by atoms with Crippen LogP contribution in [0.25, 0.3) is 5.82 Å². The first kappa shape index (κ1) is 24.3. The molecule has 0 aliphatic carbocycles. The van der Waals surface area contributed by atoms with Crippen LogP contribution in [0.5, 0.6) is 11.5 Å². The van der Waals surface area contributed by atoms with E-state index in [-0.39, 0.29) is 23.1 Å². The van der Waals surface area contributed by atoms with E-state index in [1.165, 1.54) is 20.2 Å². The number of rotatable bonds is 10. The van der Waals surface area contributed by atoms with Crippen molar-refractivity contribution in [2.24, 2.45) is 5.10 Å². The summed E-state index contributed by atoms with van der Waals surface area (Å²) >= 11 is 0. The highest BCUT2D eigenvalue weighted by Crippen LogP contribution is 2.27. The first-order chi connectivity index (χ1) is 16.4. The average molecular weight is 471 g/mol. The van der Waals surface area contributed by atoms with E-state index in [9.17, 15) is 9.59 Å². The summed E-state index contributed by atoms with van der Waals surface area (Å²) < 4.78 is 16.1. The van der Waals surface area contributed by atoms with E-state index in [1.54, 1.807) is 18.2 Å². The van der Waals surface area contributed by atoms with Crippen molar-refractivity contribution in [3.63, 3.8) is 0 Å².